The summed E-state index contributed by atoms with van der Waals surface area (Å²) < 4.78 is 19.2. The smallest absolute Gasteiger partial charge is 0.319 e. The minimum absolute atomic E-state index is 0.0574. The summed E-state index contributed by atoms with van der Waals surface area (Å²) in [6, 6.07) is 5.19. The summed E-state index contributed by atoms with van der Waals surface area (Å²) >= 11 is 0. The van der Waals surface area contributed by atoms with Crippen LogP contribution in [0.4, 0.5) is 15.9 Å². The number of nitrogens with two attached hydrogens (primary N) is 2. The van der Waals surface area contributed by atoms with Gasteiger partial charge in [0.25, 0.3) is 11.8 Å². The number of halogens is 1. The zero-order chi connectivity index (χ0) is 25.4. The molecule has 0 bridgehead atoms. The zero-order valence-electron chi connectivity index (χ0n) is 19.8. The van der Waals surface area contributed by atoms with Gasteiger partial charge in [0.2, 0.25) is 0 Å². The minimum Gasteiger partial charge on any atom is -0.462 e. The second kappa shape index (κ2) is 9.26. The molecule has 0 aromatic carbocycles. The Morgan fingerprint density at radius 1 is 1.19 bits per heavy atom. The first-order valence-electron chi connectivity index (χ1n) is 12.0. The Kier molecular flexibility index (Phi) is 6.12. The molecule has 1 saturated carbocycles. The molecule has 36 heavy (non-hydrogen) atoms. The van der Waals surface area contributed by atoms with E-state index in [1.807, 2.05) is 6.07 Å². The summed E-state index contributed by atoms with van der Waals surface area (Å²) in [6.07, 6.45) is 7.86. The molecule has 0 spiro atoms. The number of pyridine rings is 1. The molecule has 10 nitrogen and oxygen atoms in total. The highest BCUT2D eigenvalue weighted by Gasteiger charge is 2.42. The Hall–Kier alpha value is -3.94. The first kappa shape index (κ1) is 23.8. The predicted octanol–water partition coefficient (Wildman–Crippen LogP) is 1.52. The van der Waals surface area contributed by atoms with Gasteiger partial charge < -0.3 is 26.0 Å². The number of alkyl halides is 1. The van der Waals surface area contributed by atoms with Gasteiger partial charge in [-0.3, -0.25) is 9.59 Å². The number of hydrogen-bond donors (Lipinski definition) is 2. The normalized spacial score (nSPS) is 19.3. The van der Waals surface area contributed by atoms with Gasteiger partial charge in [0.05, 0.1) is 24.2 Å². The van der Waals surface area contributed by atoms with E-state index >= 15 is 0 Å². The van der Waals surface area contributed by atoms with Crippen LogP contribution >= 0.6 is 0 Å². The van der Waals surface area contributed by atoms with Gasteiger partial charge in [-0.2, -0.15) is 9.97 Å². The van der Waals surface area contributed by atoms with E-state index in [2.05, 4.69) is 25.8 Å². The summed E-state index contributed by atoms with van der Waals surface area (Å²) in [6.45, 7) is 1.67. The predicted molar refractivity (Wildman–Crippen MR) is 130 cm³/mol. The van der Waals surface area contributed by atoms with Crippen molar-refractivity contribution in [1.82, 2.24) is 19.9 Å². The minimum atomic E-state index is -1.01. The van der Waals surface area contributed by atoms with E-state index in [-0.39, 0.29) is 60.0 Å². The highest BCUT2D eigenvalue weighted by atomic mass is 19.1. The molecule has 4 N–H and O–H groups in total. The van der Waals surface area contributed by atoms with Crippen molar-refractivity contribution >= 4 is 23.3 Å². The van der Waals surface area contributed by atoms with Gasteiger partial charge in [0, 0.05) is 30.8 Å². The molecule has 2 amide bonds. The van der Waals surface area contributed by atoms with E-state index in [1.165, 1.54) is 4.90 Å². The Labute approximate surface area is 208 Å². The maximum Gasteiger partial charge on any atom is 0.319 e. The SMILES string of the molecule is C#CC1(COc2nc(C(=O)N3CC(F)C3)cc(N3CCC(c4ccc(N)c(C(N)=O)n4)CC3)n2)CC1. The summed E-state index contributed by atoms with van der Waals surface area (Å²) in [7, 11) is 0. The van der Waals surface area contributed by atoms with Gasteiger partial charge in [-0.15, -0.1) is 6.42 Å². The zero-order valence-corrected chi connectivity index (χ0v) is 19.8. The number of aromatic nitrogens is 3. The van der Waals surface area contributed by atoms with Crippen LogP contribution in [0.25, 0.3) is 0 Å². The lowest BCUT2D eigenvalue weighted by Crippen LogP contribution is -2.51. The molecule has 11 heteroatoms. The van der Waals surface area contributed by atoms with Gasteiger partial charge in [-0.1, -0.05) is 5.92 Å². The van der Waals surface area contributed by atoms with Crippen LogP contribution in [0.1, 0.15) is 58.3 Å². The second-order valence-corrected chi connectivity index (χ2v) is 9.71. The van der Waals surface area contributed by atoms with Crippen LogP contribution in [0.3, 0.4) is 0 Å². The van der Waals surface area contributed by atoms with E-state index in [4.69, 9.17) is 22.6 Å². The third kappa shape index (κ3) is 4.76. The third-order valence-corrected chi connectivity index (χ3v) is 7.09. The Morgan fingerprint density at radius 2 is 1.92 bits per heavy atom. The fraction of sp³-hybridized carbons (Fsp3) is 0.480. The molecule has 1 aliphatic carbocycles. The van der Waals surface area contributed by atoms with Gasteiger partial charge in [-0.25, -0.2) is 9.37 Å². The van der Waals surface area contributed by atoms with Gasteiger partial charge in [-0.05, 0) is 37.8 Å². The van der Waals surface area contributed by atoms with Crippen LogP contribution in [-0.2, 0) is 0 Å². The molecule has 0 unspecified atom stereocenters. The molecule has 188 valence electrons. The lowest BCUT2D eigenvalue weighted by Gasteiger charge is -2.35. The van der Waals surface area contributed by atoms with Crippen molar-refractivity contribution in [2.45, 2.75) is 37.8 Å². The van der Waals surface area contributed by atoms with Gasteiger partial charge in [0.1, 0.15) is 24.3 Å². The van der Waals surface area contributed by atoms with E-state index in [0.29, 0.717) is 18.9 Å². The molecular formula is C25H28FN7O3. The van der Waals surface area contributed by atoms with Crippen molar-refractivity contribution in [3.8, 4) is 18.4 Å². The largest absolute Gasteiger partial charge is 0.462 e. The van der Waals surface area contributed by atoms with E-state index in [0.717, 1.165) is 31.4 Å². The number of likely N-dealkylation sites (tertiary alicyclic amines) is 1. The Balaban J connectivity index is 1.33. The number of nitrogen functional groups attached to an aromatic ring is 1. The highest BCUT2D eigenvalue weighted by molar-refractivity contribution is 5.96. The van der Waals surface area contributed by atoms with E-state index in [1.54, 1.807) is 12.1 Å². The van der Waals surface area contributed by atoms with Crippen molar-refractivity contribution in [2.75, 3.05) is 43.4 Å². The summed E-state index contributed by atoms with van der Waals surface area (Å²) in [4.78, 5) is 41.2. The van der Waals surface area contributed by atoms with Crippen LogP contribution < -0.4 is 21.1 Å². The van der Waals surface area contributed by atoms with Gasteiger partial charge >= 0.3 is 6.01 Å². The summed E-state index contributed by atoms with van der Waals surface area (Å²) in [5.41, 5.74) is 12.2. The Morgan fingerprint density at radius 3 is 2.53 bits per heavy atom. The molecule has 2 aromatic heterocycles. The average Bonchev–Trinajstić information content (AvgIpc) is 3.66. The van der Waals surface area contributed by atoms with Crippen LogP contribution in [0.15, 0.2) is 18.2 Å². The molecule has 0 radical (unpaired) electrons. The monoisotopic (exact) mass is 493 g/mol. The maximum atomic E-state index is 13.3. The van der Waals surface area contributed by atoms with Crippen molar-refractivity contribution in [3.05, 3.63) is 35.3 Å². The van der Waals surface area contributed by atoms with Crippen LogP contribution in [-0.4, -0.2) is 70.6 Å². The number of carbonyl (C=O) groups is 2. The Bertz CT molecular complexity index is 1230. The van der Waals surface area contributed by atoms with Crippen LogP contribution in [0.2, 0.25) is 0 Å². The molecule has 2 saturated heterocycles. The molecule has 5 rings (SSSR count). The molecule has 2 aromatic rings. The molecule has 3 fully saturated rings. The van der Waals surface area contributed by atoms with Crippen molar-refractivity contribution in [2.24, 2.45) is 11.1 Å². The van der Waals surface area contributed by atoms with Crippen LogP contribution in [0, 0.1) is 17.8 Å². The fourth-order valence-corrected chi connectivity index (χ4v) is 4.50. The number of primary amides is 1. The molecule has 2 aliphatic heterocycles. The number of carbonyl (C=O) groups excluding carboxylic acids is 2. The summed E-state index contributed by atoms with van der Waals surface area (Å²) in [5.74, 6) is 2.44. The number of terminal acetylenes is 1. The fourth-order valence-electron chi connectivity index (χ4n) is 4.50. The number of nitrogens with zero attached hydrogens (tertiary/aromatic N) is 5. The van der Waals surface area contributed by atoms with Crippen molar-refractivity contribution in [3.63, 3.8) is 0 Å². The maximum absolute atomic E-state index is 13.3. The van der Waals surface area contributed by atoms with E-state index < -0.39 is 12.1 Å². The highest BCUT2D eigenvalue weighted by Crippen LogP contribution is 2.45. The third-order valence-electron chi connectivity index (χ3n) is 7.09. The number of amides is 2. The first-order chi connectivity index (χ1) is 17.3. The lowest BCUT2D eigenvalue weighted by atomic mass is 9.92. The number of piperidine rings is 1. The molecule has 0 atom stereocenters. The van der Waals surface area contributed by atoms with Gasteiger partial charge in [0.15, 0.2) is 5.69 Å². The quantitative estimate of drug-likeness (QED) is 0.553. The van der Waals surface area contributed by atoms with Crippen molar-refractivity contribution < 1.29 is 18.7 Å². The number of ether oxygens (including phenoxy) is 1. The van der Waals surface area contributed by atoms with Crippen molar-refractivity contribution in [1.29, 1.82) is 0 Å². The molecule has 3 aliphatic rings. The van der Waals surface area contributed by atoms with Crippen LogP contribution in [0.5, 0.6) is 6.01 Å². The summed E-state index contributed by atoms with van der Waals surface area (Å²) in [5, 5.41) is 0. The van der Waals surface area contributed by atoms with E-state index in [9.17, 15) is 14.0 Å². The number of hydrogen-bond acceptors (Lipinski definition) is 8. The standard InChI is InChI=1S/C25H28FN7O3/c1-2-25(7-8-25)14-36-24-30-19(23(35)33-12-16(26)13-33)11-20(31-24)32-9-5-15(6-10-32)18-4-3-17(27)21(29-18)22(28)34/h1,3-4,11,15-16H,5-10,12-14,27H2,(H2,28,34). The second-order valence-electron chi connectivity index (χ2n) is 9.71. The lowest BCUT2D eigenvalue weighted by molar-refractivity contribution is 0.0393. The number of rotatable bonds is 7. The molecular weight excluding hydrogens is 465 g/mol. The first-order valence-corrected chi connectivity index (χ1v) is 12.0. The number of anilines is 2. The topological polar surface area (TPSA) is 141 Å². The molecule has 4 heterocycles. The average molecular weight is 494 g/mol.